The topological polar surface area (TPSA) is 50.8 Å². The minimum atomic E-state index is -0.547. The van der Waals surface area contributed by atoms with Gasteiger partial charge in [0.25, 0.3) is 5.91 Å². The number of carbonyl (C=O) groups is 1. The third-order valence-corrected chi connectivity index (χ3v) is 5.88. The monoisotopic (exact) mass is 410 g/mol. The highest BCUT2D eigenvalue weighted by atomic mass is 16.5. The summed E-state index contributed by atoms with van der Waals surface area (Å²) < 4.78 is 11.1. The Morgan fingerprint density at radius 3 is 2.43 bits per heavy atom. The number of nitrogens with zero attached hydrogens (tertiary/aromatic N) is 1. The van der Waals surface area contributed by atoms with Crippen LogP contribution < -0.4 is 19.7 Å². The van der Waals surface area contributed by atoms with Crippen LogP contribution in [0.5, 0.6) is 11.5 Å². The number of nitrogens with one attached hydrogen (secondary N) is 1. The van der Waals surface area contributed by atoms with Crippen LogP contribution in [0.25, 0.3) is 0 Å². The number of piperidine rings is 1. The van der Waals surface area contributed by atoms with Crippen LogP contribution in [0, 0.1) is 5.92 Å². The number of ether oxygens (including phenoxy) is 2. The molecule has 0 spiro atoms. The van der Waals surface area contributed by atoms with Crippen LogP contribution in [-0.4, -0.2) is 32.2 Å². The SMILES string of the molecule is CC[C@@H](Oc1cccc(OC)c1)C(=O)N[C@H](C)c1ccc(N2CCC(C)CC2)cc1. The van der Waals surface area contributed by atoms with Crippen LogP contribution in [-0.2, 0) is 4.79 Å². The van der Waals surface area contributed by atoms with E-state index in [-0.39, 0.29) is 11.9 Å². The zero-order valence-corrected chi connectivity index (χ0v) is 18.6. The summed E-state index contributed by atoms with van der Waals surface area (Å²) in [4.78, 5) is 15.2. The van der Waals surface area contributed by atoms with Gasteiger partial charge in [-0.3, -0.25) is 4.79 Å². The van der Waals surface area contributed by atoms with E-state index in [1.807, 2.05) is 32.0 Å². The molecule has 0 aromatic heterocycles. The Morgan fingerprint density at radius 1 is 1.13 bits per heavy atom. The normalized spacial score (nSPS) is 16.6. The smallest absolute Gasteiger partial charge is 0.261 e. The Kier molecular flexibility index (Phi) is 7.61. The lowest BCUT2D eigenvalue weighted by molar-refractivity contribution is -0.128. The molecule has 0 radical (unpaired) electrons. The van der Waals surface area contributed by atoms with Crippen LogP contribution >= 0.6 is 0 Å². The molecule has 5 nitrogen and oxygen atoms in total. The zero-order chi connectivity index (χ0) is 21.5. The van der Waals surface area contributed by atoms with Gasteiger partial charge in [-0.1, -0.05) is 32.0 Å². The van der Waals surface area contributed by atoms with E-state index >= 15 is 0 Å². The summed E-state index contributed by atoms with van der Waals surface area (Å²) in [6.45, 7) is 8.52. The van der Waals surface area contributed by atoms with Crippen molar-refractivity contribution in [3.05, 3.63) is 54.1 Å². The van der Waals surface area contributed by atoms with Gasteiger partial charge in [-0.25, -0.2) is 0 Å². The molecule has 162 valence electrons. The predicted molar refractivity (Wildman–Crippen MR) is 121 cm³/mol. The van der Waals surface area contributed by atoms with Gasteiger partial charge < -0.3 is 19.7 Å². The van der Waals surface area contributed by atoms with Crippen LogP contribution in [0.3, 0.4) is 0 Å². The molecular formula is C25H34N2O3. The highest BCUT2D eigenvalue weighted by Crippen LogP contribution is 2.25. The van der Waals surface area contributed by atoms with Crippen molar-refractivity contribution in [2.45, 2.75) is 52.2 Å². The molecule has 2 aromatic rings. The quantitative estimate of drug-likeness (QED) is 0.668. The fourth-order valence-corrected chi connectivity index (χ4v) is 3.79. The Morgan fingerprint density at radius 2 is 1.80 bits per heavy atom. The maximum atomic E-state index is 12.8. The average Bonchev–Trinajstić information content (AvgIpc) is 2.78. The van der Waals surface area contributed by atoms with Crippen molar-refractivity contribution < 1.29 is 14.3 Å². The lowest BCUT2D eigenvalue weighted by Crippen LogP contribution is -2.39. The largest absolute Gasteiger partial charge is 0.497 e. The fourth-order valence-electron chi connectivity index (χ4n) is 3.79. The summed E-state index contributed by atoms with van der Waals surface area (Å²) in [6, 6.07) is 15.8. The molecule has 3 rings (SSSR count). The minimum Gasteiger partial charge on any atom is -0.497 e. The molecule has 30 heavy (non-hydrogen) atoms. The number of methoxy groups -OCH3 is 1. The first-order valence-corrected chi connectivity index (χ1v) is 11.0. The number of hydrogen-bond donors (Lipinski definition) is 1. The number of hydrogen-bond acceptors (Lipinski definition) is 4. The number of anilines is 1. The van der Waals surface area contributed by atoms with Crippen molar-refractivity contribution >= 4 is 11.6 Å². The molecule has 2 aromatic carbocycles. The minimum absolute atomic E-state index is 0.0871. The molecular weight excluding hydrogens is 376 g/mol. The molecule has 2 atom stereocenters. The van der Waals surface area contributed by atoms with Crippen molar-refractivity contribution in [2.24, 2.45) is 5.92 Å². The third kappa shape index (κ3) is 5.68. The summed E-state index contributed by atoms with van der Waals surface area (Å²) >= 11 is 0. The Labute approximate surface area is 180 Å². The zero-order valence-electron chi connectivity index (χ0n) is 18.6. The standard InChI is InChI=1S/C25H34N2O3/c1-5-24(30-23-8-6-7-22(17-23)29-4)25(28)26-19(3)20-9-11-21(12-10-20)27-15-13-18(2)14-16-27/h6-12,17-19,24H,5,13-16H2,1-4H3,(H,26,28)/t19-,24-/m1/s1. The van der Waals surface area contributed by atoms with Gasteiger partial charge in [-0.05, 0) is 61.9 Å². The van der Waals surface area contributed by atoms with E-state index < -0.39 is 6.10 Å². The molecule has 0 saturated carbocycles. The lowest BCUT2D eigenvalue weighted by atomic mass is 9.98. The molecule has 5 heteroatoms. The average molecular weight is 411 g/mol. The van der Waals surface area contributed by atoms with E-state index in [0.29, 0.717) is 17.9 Å². The lowest BCUT2D eigenvalue weighted by Gasteiger charge is -2.32. The summed E-state index contributed by atoms with van der Waals surface area (Å²) in [5.74, 6) is 2.05. The maximum Gasteiger partial charge on any atom is 0.261 e. The van der Waals surface area contributed by atoms with Gasteiger partial charge in [-0.2, -0.15) is 0 Å². The van der Waals surface area contributed by atoms with E-state index in [0.717, 1.165) is 24.6 Å². The van der Waals surface area contributed by atoms with Gasteiger partial charge in [0.05, 0.1) is 13.2 Å². The summed E-state index contributed by atoms with van der Waals surface area (Å²) in [7, 11) is 1.61. The van der Waals surface area contributed by atoms with Gasteiger partial charge >= 0.3 is 0 Å². The maximum absolute atomic E-state index is 12.8. The number of benzene rings is 2. The van der Waals surface area contributed by atoms with Crippen molar-refractivity contribution in [3.8, 4) is 11.5 Å². The molecule has 1 amide bonds. The van der Waals surface area contributed by atoms with Gasteiger partial charge in [0.2, 0.25) is 0 Å². The molecule has 1 fully saturated rings. The Bertz CT molecular complexity index is 813. The number of amides is 1. The Balaban J connectivity index is 1.58. The van der Waals surface area contributed by atoms with Crippen molar-refractivity contribution in [1.82, 2.24) is 5.32 Å². The van der Waals surface area contributed by atoms with Crippen LogP contribution in [0.2, 0.25) is 0 Å². The first kappa shape index (κ1) is 22.0. The summed E-state index contributed by atoms with van der Waals surface area (Å²) in [6.07, 6.45) is 2.54. The van der Waals surface area contributed by atoms with E-state index in [9.17, 15) is 4.79 Å². The molecule has 0 unspecified atom stereocenters. The second kappa shape index (κ2) is 10.4. The van der Waals surface area contributed by atoms with E-state index in [1.165, 1.54) is 18.5 Å². The molecule has 1 heterocycles. The van der Waals surface area contributed by atoms with E-state index in [2.05, 4.69) is 41.4 Å². The van der Waals surface area contributed by atoms with Crippen molar-refractivity contribution in [2.75, 3.05) is 25.1 Å². The van der Waals surface area contributed by atoms with Crippen molar-refractivity contribution in [1.29, 1.82) is 0 Å². The van der Waals surface area contributed by atoms with Gasteiger partial charge in [-0.15, -0.1) is 0 Å². The van der Waals surface area contributed by atoms with Crippen molar-refractivity contribution in [3.63, 3.8) is 0 Å². The summed E-state index contributed by atoms with van der Waals surface area (Å²) in [5.41, 5.74) is 2.35. The molecule has 0 bridgehead atoms. The number of carbonyl (C=O) groups excluding carboxylic acids is 1. The molecule has 1 saturated heterocycles. The van der Waals surface area contributed by atoms with Gasteiger partial charge in [0.15, 0.2) is 6.10 Å². The summed E-state index contributed by atoms with van der Waals surface area (Å²) in [5, 5.41) is 3.09. The first-order chi connectivity index (χ1) is 14.5. The van der Waals surface area contributed by atoms with Crippen LogP contribution in [0.1, 0.15) is 51.6 Å². The third-order valence-electron chi connectivity index (χ3n) is 5.88. The van der Waals surface area contributed by atoms with Gasteiger partial charge in [0, 0.05) is 24.8 Å². The highest BCUT2D eigenvalue weighted by molar-refractivity contribution is 5.81. The van der Waals surface area contributed by atoms with Gasteiger partial charge in [0.1, 0.15) is 11.5 Å². The second-order valence-electron chi connectivity index (χ2n) is 8.19. The van der Waals surface area contributed by atoms with Crippen LogP contribution in [0.4, 0.5) is 5.69 Å². The molecule has 0 aliphatic carbocycles. The number of rotatable bonds is 8. The molecule has 1 aliphatic rings. The predicted octanol–water partition coefficient (Wildman–Crippen LogP) is 4.97. The highest BCUT2D eigenvalue weighted by Gasteiger charge is 2.21. The second-order valence-corrected chi connectivity index (χ2v) is 8.19. The first-order valence-electron chi connectivity index (χ1n) is 11.0. The molecule has 1 aliphatic heterocycles. The van der Waals surface area contributed by atoms with E-state index in [1.54, 1.807) is 13.2 Å². The van der Waals surface area contributed by atoms with Crippen LogP contribution in [0.15, 0.2) is 48.5 Å². The Hall–Kier alpha value is -2.69. The molecule has 1 N–H and O–H groups in total. The van der Waals surface area contributed by atoms with E-state index in [4.69, 9.17) is 9.47 Å². The fraction of sp³-hybridized carbons (Fsp3) is 0.480.